The average molecular weight is 489 g/mol. The van der Waals surface area contributed by atoms with Crippen molar-refractivity contribution in [2.45, 2.75) is 118 Å². The van der Waals surface area contributed by atoms with E-state index in [0.717, 1.165) is 51.4 Å². The highest BCUT2D eigenvalue weighted by atomic mass is 16.5. The first-order valence-corrected chi connectivity index (χ1v) is 13.0. The second kappa shape index (κ2) is 21.4. The van der Waals surface area contributed by atoms with Crippen LogP contribution in [0.2, 0.25) is 0 Å². The Bertz CT molecular complexity index is 537. The quantitative estimate of drug-likeness (QED) is 0.129. The Balaban J connectivity index is 0. The average Bonchev–Trinajstić information content (AvgIpc) is 2.78. The van der Waals surface area contributed by atoms with Gasteiger partial charge in [0.1, 0.15) is 0 Å². The third-order valence-corrected chi connectivity index (χ3v) is 6.04. The van der Waals surface area contributed by atoms with Crippen molar-refractivity contribution in [3.63, 3.8) is 0 Å². The standard InChI is InChI=1S/2C13H24O4/c1-4-7-8-9-10(5-2)13(6-3,11(14)15)12(16)17;1-3-16-12(14)10-8-6-5-7-9-11-13(15)17-4-2/h10H,4-9H2,1-3H3,(H,14,15)(H,16,17);3-11H2,1-2H3. The van der Waals surface area contributed by atoms with Gasteiger partial charge in [-0.15, -0.1) is 0 Å². The lowest BCUT2D eigenvalue weighted by Gasteiger charge is -2.32. The number of rotatable bonds is 19. The van der Waals surface area contributed by atoms with Gasteiger partial charge in [-0.1, -0.05) is 65.7 Å². The monoisotopic (exact) mass is 488 g/mol. The summed E-state index contributed by atoms with van der Waals surface area (Å²) in [6, 6.07) is 0. The maximum atomic E-state index is 11.3. The minimum Gasteiger partial charge on any atom is -0.480 e. The summed E-state index contributed by atoms with van der Waals surface area (Å²) < 4.78 is 9.66. The van der Waals surface area contributed by atoms with Crippen LogP contribution in [0.25, 0.3) is 0 Å². The van der Waals surface area contributed by atoms with Gasteiger partial charge >= 0.3 is 23.9 Å². The molecular weight excluding hydrogens is 440 g/mol. The molecule has 0 aromatic heterocycles. The topological polar surface area (TPSA) is 127 Å². The SMILES string of the molecule is CCCCCC(CC)C(CC)(C(=O)O)C(=O)O.CCOC(=O)CCCCCCCC(=O)OCC. The van der Waals surface area contributed by atoms with Crippen LogP contribution in [0.1, 0.15) is 118 Å². The summed E-state index contributed by atoms with van der Waals surface area (Å²) in [7, 11) is 0. The molecule has 0 aromatic rings. The number of hydrogen-bond acceptors (Lipinski definition) is 6. The van der Waals surface area contributed by atoms with E-state index in [1.165, 1.54) is 0 Å². The van der Waals surface area contributed by atoms with Crippen molar-refractivity contribution < 1.29 is 38.9 Å². The zero-order chi connectivity index (χ0) is 26.4. The molecule has 0 fully saturated rings. The first-order valence-electron chi connectivity index (χ1n) is 13.0. The van der Waals surface area contributed by atoms with Crippen molar-refractivity contribution in [2.24, 2.45) is 11.3 Å². The minimum atomic E-state index is -1.61. The van der Waals surface area contributed by atoms with Crippen LogP contribution >= 0.6 is 0 Å². The third-order valence-electron chi connectivity index (χ3n) is 6.04. The van der Waals surface area contributed by atoms with Gasteiger partial charge in [0.15, 0.2) is 5.41 Å². The number of aliphatic carboxylic acids is 2. The molecule has 0 bridgehead atoms. The predicted octanol–water partition coefficient (Wildman–Crippen LogP) is 6.00. The summed E-state index contributed by atoms with van der Waals surface area (Å²) in [5.74, 6) is -2.90. The first-order chi connectivity index (χ1) is 16.2. The van der Waals surface area contributed by atoms with Crippen LogP contribution in [0, 0.1) is 11.3 Å². The molecule has 0 aliphatic rings. The normalized spacial score (nSPS) is 11.7. The molecular formula is C26H48O8. The fourth-order valence-electron chi connectivity index (χ4n) is 4.01. The molecule has 1 unspecified atom stereocenters. The molecule has 0 aliphatic carbocycles. The van der Waals surface area contributed by atoms with E-state index >= 15 is 0 Å². The molecule has 0 amide bonds. The van der Waals surface area contributed by atoms with Crippen LogP contribution in [0.5, 0.6) is 0 Å². The largest absolute Gasteiger partial charge is 0.480 e. The molecule has 0 saturated carbocycles. The van der Waals surface area contributed by atoms with Crippen LogP contribution in [0.4, 0.5) is 0 Å². The summed E-state index contributed by atoms with van der Waals surface area (Å²) >= 11 is 0. The van der Waals surface area contributed by atoms with E-state index in [1.807, 2.05) is 20.8 Å². The lowest BCUT2D eigenvalue weighted by molar-refractivity contribution is -0.170. The Morgan fingerprint density at radius 2 is 1.12 bits per heavy atom. The van der Waals surface area contributed by atoms with Crippen molar-refractivity contribution in [1.82, 2.24) is 0 Å². The summed E-state index contributed by atoms with van der Waals surface area (Å²) in [6.07, 6.45) is 10.2. The molecule has 34 heavy (non-hydrogen) atoms. The highest BCUT2D eigenvalue weighted by Crippen LogP contribution is 2.38. The van der Waals surface area contributed by atoms with Gasteiger partial charge in [0.05, 0.1) is 13.2 Å². The summed E-state index contributed by atoms with van der Waals surface area (Å²) in [6.45, 7) is 10.1. The second-order valence-electron chi connectivity index (χ2n) is 8.41. The van der Waals surface area contributed by atoms with Gasteiger partial charge in [0.2, 0.25) is 0 Å². The Labute approximate surface area is 205 Å². The lowest BCUT2D eigenvalue weighted by atomic mass is 9.70. The number of carboxylic acid groups (broad SMARTS) is 2. The fourth-order valence-corrected chi connectivity index (χ4v) is 4.01. The molecule has 0 radical (unpaired) electrons. The van der Waals surface area contributed by atoms with Gasteiger partial charge in [-0.2, -0.15) is 0 Å². The van der Waals surface area contributed by atoms with E-state index in [-0.39, 0.29) is 24.3 Å². The smallest absolute Gasteiger partial charge is 0.321 e. The van der Waals surface area contributed by atoms with E-state index in [0.29, 0.717) is 38.9 Å². The highest BCUT2D eigenvalue weighted by Gasteiger charge is 2.50. The summed E-state index contributed by atoms with van der Waals surface area (Å²) in [5.41, 5.74) is -1.61. The summed E-state index contributed by atoms with van der Waals surface area (Å²) in [4.78, 5) is 44.7. The molecule has 8 nitrogen and oxygen atoms in total. The Kier molecular flexibility index (Phi) is 21.4. The highest BCUT2D eigenvalue weighted by molar-refractivity contribution is 5.98. The number of esters is 2. The van der Waals surface area contributed by atoms with Gasteiger partial charge in [-0.25, -0.2) is 0 Å². The molecule has 0 saturated heterocycles. The van der Waals surface area contributed by atoms with Crippen LogP contribution < -0.4 is 0 Å². The van der Waals surface area contributed by atoms with Gasteiger partial charge in [0.25, 0.3) is 0 Å². The minimum absolute atomic E-state index is 0.112. The molecule has 1 atom stereocenters. The Morgan fingerprint density at radius 1 is 0.676 bits per heavy atom. The molecule has 8 heteroatoms. The van der Waals surface area contributed by atoms with Gasteiger partial charge in [0, 0.05) is 12.8 Å². The number of carboxylic acids is 2. The van der Waals surface area contributed by atoms with Gasteiger partial charge in [-0.05, 0) is 45.4 Å². The number of unbranched alkanes of at least 4 members (excludes halogenated alkanes) is 6. The molecule has 0 aliphatic heterocycles. The van der Waals surface area contributed by atoms with Crippen molar-refractivity contribution in [3.8, 4) is 0 Å². The fraction of sp³-hybridized carbons (Fsp3) is 0.846. The molecule has 0 spiro atoms. The third kappa shape index (κ3) is 14.2. The van der Waals surface area contributed by atoms with Crippen molar-refractivity contribution in [3.05, 3.63) is 0 Å². The molecule has 0 heterocycles. The first kappa shape index (κ1) is 34.0. The van der Waals surface area contributed by atoms with Crippen molar-refractivity contribution in [2.75, 3.05) is 13.2 Å². The maximum absolute atomic E-state index is 11.3. The van der Waals surface area contributed by atoms with E-state index in [4.69, 9.17) is 9.47 Å². The predicted molar refractivity (Wildman–Crippen MR) is 132 cm³/mol. The van der Waals surface area contributed by atoms with E-state index < -0.39 is 17.4 Å². The van der Waals surface area contributed by atoms with Gasteiger partial charge < -0.3 is 19.7 Å². The number of hydrogen-bond donors (Lipinski definition) is 2. The zero-order valence-corrected chi connectivity index (χ0v) is 22.0. The molecule has 2 N–H and O–H groups in total. The number of ether oxygens (including phenoxy) is 2. The molecule has 200 valence electrons. The van der Waals surface area contributed by atoms with E-state index in [2.05, 4.69) is 6.92 Å². The second-order valence-corrected chi connectivity index (χ2v) is 8.41. The Hall–Kier alpha value is -2.12. The molecule has 0 aromatic carbocycles. The van der Waals surface area contributed by atoms with Crippen LogP contribution in [0.3, 0.4) is 0 Å². The Morgan fingerprint density at radius 3 is 1.44 bits per heavy atom. The van der Waals surface area contributed by atoms with E-state index in [9.17, 15) is 29.4 Å². The van der Waals surface area contributed by atoms with Crippen molar-refractivity contribution >= 4 is 23.9 Å². The van der Waals surface area contributed by atoms with Gasteiger partial charge in [-0.3, -0.25) is 19.2 Å². The van der Waals surface area contributed by atoms with Crippen LogP contribution in [-0.2, 0) is 28.7 Å². The number of carbonyl (C=O) groups excluding carboxylic acids is 2. The lowest BCUT2D eigenvalue weighted by Crippen LogP contribution is -2.45. The number of carbonyl (C=O) groups is 4. The zero-order valence-electron chi connectivity index (χ0n) is 22.0. The molecule has 0 rings (SSSR count). The summed E-state index contributed by atoms with van der Waals surface area (Å²) in [5, 5.41) is 18.5. The van der Waals surface area contributed by atoms with Crippen LogP contribution in [-0.4, -0.2) is 47.3 Å². The van der Waals surface area contributed by atoms with Crippen LogP contribution in [0.15, 0.2) is 0 Å². The van der Waals surface area contributed by atoms with E-state index in [1.54, 1.807) is 6.92 Å². The maximum Gasteiger partial charge on any atom is 0.321 e. The van der Waals surface area contributed by atoms with Crippen molar-refractivity contribution in [1.29, 1.82) is 0 Å².